The highest BCUT2D eigenvalue weighted by molar-refractivity contribution is 6.04. The standard InChI is InChI=1S/C20H20N4O/c25-20(24-18-5-1-3-15-4-2-11-22-19(15)18)23-17-8-6-14(7-9-17)16-10-12-21-13-16/h1-9,11,16,21H,10,12-13H2,(H2,23,24,25)/t16-/m0/s1. The summed E-state index contributed by atoms with van der Waals surface area (Å²) in [6, 6.07) is 17.4. The zero-order valence-electron chi connectivity index (χ0n) is 13.8. The topological polar surface area (TPSA) is 66.1 Å². The number of hydrogen-bond donors (Lipinski definition) is 3. The lowest BCUT2D eigenvalue weighted by atomic mass is 9.98. The molecule has 25 heavy (non-hydrogen) atoms. The van der Waals surface area contributed by atoms with E-state index in [4.69, 9.17) is 0 Å². The van der Waals surface area contributed by atoms with Crippen molar-refractivity contribution in [3.05, 3.63) is 66.4 Å². The van der Waals surface area contributed by atoms with E-state index in [1.807, 2.05) is 42.5 Å². The average molecular weight is 332 g/mol. The number of nitrogens with zero attached hydrogens (tertiary/aromatic N) is 1. The van der Waals surface area contributed by atoms with Gasteiger partial charge in [0.2, 0.25) is 0 Å². The molecule has 1 atom stereocenters. The van der Waals surface area contributed by atoms with E-state index in [-0.39, 0.29) is 6.03 Å². The largest absolute Gasteiger partial charge is 0.323 e. The lowest BCUT2D eigenvalue weighted by Gasteiger charge is -2.12. The van der Waals surface area contributed by atoms with Crippen LogP contribution in [0.2, 0.25) is 0 Å². The molecule has 2 aromatic carbocycles. The number of amides is 2. The Labute approximate surface area is 146 Å². The summed E-state index contributed by atoms with van der Waals surface area (Å²) in [5, 5.41) is 10.1. The Bertz CT molecular complexity index is 880. The molecule has 0 bridgehead atoms. The highest BCUT2D eigenvalue weighted by Crippen LogP contribution is 2.24. The van der Waals surface area contributed by atoms with Crippen molar-refractivity contribution in [1.29, 1.82) is 0 Å². The van der Waals surface area contributed by atoms with Crippen molar-refractivity contribution >= 4 is 28.3 Å². The van der Waals surface area contributed by atoms with Gasteiger partial charge < -0.3 is 16.0 Å². The van der Waals surface area contributed by atoms with Gasteiger partial charge in [0.25, 0.3) is 0 Å². The summed E-state index contributed by atoms with van der Waals surface area (Å²) in [5.74, 6) is 0.574. The summed E-state index contributed by atoms with van der Waals surface area (Å²) in [6.45, 7) is 2.10. The van der Waals surface area contributed by atoms with Gasteiger partial charge in [-0.1, -0.05) is 30.3 Å². The van der Waals surface area contributed by atoms with Gasteiger partial charge in [0.1, 0.15) is 0 Å². The van der Waals surface area contributed by atoms with Crippen molar-refractivity contribution in [2.45, 2.75) is 12.3 Å². The monoisotopic (exact) mass is 332 g/mol. The normalized spacial score (nSPS) is 16.7. The number of hydrogen-bond acceptors (Lipinski definition) is 3. The molecular weight excluding hydrogens is 312 g/mol. The molecule has 1 saturated heterocycles. The van der Waals surface area contributed by atoms with Gasteiger partial charge in [-0.3, -0.25) is 4.98 Å². The maximum absolute atomic E-state index is 12.3. The molecule has 0 unspecified atom stereocenters. The van der Waals surface area contributed by atoms with Crippen LogP contribution in [0.25, 0.3) is 10.9 Å². The van der Waals surface area contributed by atoms with E-state index in [1.165, 1.54) is 12.0 Å². The molecule has 1 aliphatic heterocycles. The number of para-hydroxylation sites is 1. The fraction of sp³-hybridized carbons (Fsp3) is 0.200. The average Bonchev–Trinajstić information content (AvgIpc) is 3.17. The summed E-state index contributed by atoms with van der Waals surface area (Å²) in [4.78, 5) is 16.7. The molecule has 126 valence electrons. The molecule has 2 heterocycles. The van der Waals surface area contributed by atoms with E-state index in [0.717, 1.165) is 29.7 Å². The predicted octanol–water partition coefficient (Wildman–Crippen LogP) is 3.96. The van der Waals surface area contributed by atoms with Crippen LogP contribution in [-0.4, -0.2) is 24.1 Å². The molecule has 3 aromatic rings. The number of carbonyl (C=O) groups excluding carboxylic acids is 1. The number of benzene rings is 2. The van der Waals surface area contributed by atoms with Gasteiger partial charge in [-0.15, -0.1) is 0 Å². The molecular formula is C20H20N4O. The van der Waals surface area contributed by atoms with Crippen molar-refractivity contribution in [3.63, 3.8) is 0 Å². The first-order valence-corrected chi connectivity index (χ1v) is 8.52. The van der Waals surface area contributed by atoms with Crippen LogP contribution in [0.15, 0.2) is 60.8 Å². The maximum atomic E-state index is 12.3. The van der Waals surface area contributed by atoms with Gasteiger partial charge in [0, 0.05) is 23.8 Å². The Kier molecular flexibility index (Phi) is 4.31. The van der Waals surface area contributed by atoms with Crippen LogP contribution in [0.5, 0.6) is 0 Å². The van der Waals surface area contributed by atoms with E-state index >= 15 is 0 Å². The Hall–Kier alpha value is -2.92. The number of carbonyl (C=O) groups is 1. The zero-order valence-corrected chi connectivity index (χ0v) is 13.8. The molecule has 0 spiro atoms. The van der Waals surface area contributed by atoms with Gasteiger partial charge in [0.05, 0.1) is 11.2 Å². The molecule has 4 rings (SSSR count). The van der Waals surface area contributed by atoms with E-state index < -0.39 is 0 Å². The van der Waals surface area contributed by atoms with Crippen LogP contribution in [-0.2, 0) is 0 Å². The molecule has 1 fully saturated rings. The fourth-order valence-electron chi connectivity index (χ4n) is 3.27. The number of fused-ring (bicyclic) bond motifs is 1. The van der Waals surface area contributed by atoms with Crippen molar-refractivity contribution in [2.75, 3.05) is 23.7 Å². The lowest BCUT2D eigenvalue weighted by molar-refractivity contribution is 0.262. The predicted molar refractivity (Wildman–Crippen MR) is 101 cm³/mol. The maximum Gasteiger partial charge on any atom is 0.323 e. The summed E-state index contributed by atoms with van der Waals surface area (Å²) < 4.78 is 0. The highest BCUT2D eigenvalue weighted by atomic mass is 16.2. The first-order valence-electron chi connectivity index (χ1n) is 8.52. The third-order valence-electron chi connectivity index (χ3n) is 4.58. The van der Waals surface area contributed by atoms with E-state index in [0.29, 0.717) is 11.6 Å². The quantitative estimate of drug-likeness (QED) is 0.680. The van der Waals surface area contributed by atoms with Crippen molar-refractivity contribution in [2.24, 2.45) is 0 Å². The second kappa shape index (κ2) is 6.91. The van der Waals surface area contributed by atoms with Crippen LogP contribution < -0.4 is 16.0 Å². The lowest BCUT2D eigenvalue weighted by Crippen LogP contribution is -2.19. The Morgan fingerprint density at radius 2 is 1.88 bits per heavy atom. The molecule has 3 N–H and O–H groups in total. The third kappa shape index (κ3) is 3.46. The highest BCUT2D eigenvalue weighted by Gasteiger charge is 2.16. The van der Waals surface area contributed by atoms with Gasteiger partial charge in [-0.25, -0.2) is 4.79 Å². The molecule has 1 aromatic heterocycles. The second-order valence-electron chi connectivity index (χ2n) is 6.27. The van der Waals surface area contributed by atoms with Crippen molar-refractivity contribution in [1.82, 2.24) is 10.3 Å². The van der Waals surface area contributed by atoms with Crippen LogP contribution in [0.1, 0.15) is 17.9 Å². The van der Waals surface area contributed by atoms with E-state index in [1.54, 1.807) is 6.20 Å². The second-order valence-corrected chi connectivity index (χ2v) is 6.27. The molecule has 2 amide bonds. The Balaban J connectivity index is 1.44. The van der Waals surface area contributed by atoms with Crippen LogP contribution >= 0.6 is 0 Å². The fourth-order valence-corrected chi connectivity index (χ4v) is 3.27. The number of rotatable bonds is 3. The molecule has 1 aliphatic rings. The minimum atomic E-state index is -0.270. The molecule has 5 nitrogen and oxygen atoms in total. The molecule has 0 saturated carbocycles. The van der Waals surface area contributed by atoms with Gasteiger partial charge in [-0.05, 0) is 48.7 Å². The zero-order chi connectivity index (χ0) is 17.1. The van der Waals surface area contributed by atoms with Gasteiger partial charge >= 0.3 is 6.03 Å². The van der Waals surface area contributed by atoms with Crippen molar-refractivity contribution in [3.8, 4) is 0 Å². The third-order valence-corrected chi connectivity index (χ3v) is 4.58. The summed E-state index contributed by atoms with van der Waals surface area (Å²) >= 11 is 0. The molecule has 0 radical (unpaired) electrons. The van der Waals surface area contributed by atoms with Crippen LogP contribution in [0.4, 0.5) is 16.2 Å². The SMILES string of the molecule is O=C(Nc1ccc([C@H]2CCNC2)cc1)Nc1cccc2cccnc12. The number of aromatic nitrogens is 1. The van der Waals surface area contributed by atoms with E-state index in [2.05, 4.69) is 33.1 Å². The summed E-state index contributed by atoms with van der Waals surface area (Å²) in [7, 11) is 0. The Morgan fingerprint density at radius 3 is 2.68 bits per heavy atom. The molecule has 5 heteroatoms. The van der Waals surface area contributed by atoms with Crippen LogP contribution in [0, 0.1) is 0 Å². The first kappa shape index (κ1) is 15.6. The first-order chi connectivity index (χ1) is 12.3. The summed E-state index contributed by atoms with van der Waals surface area (Å²) in [5.41, 5.74) is 3.57. The van der Waals surface area contributed by atoms with Gasteiger partial charge in [0.15, 0.2) is 0 Å². The van der Waals surface area contributed by atoms with Gasteiger partial charge in [-0.2, -0.15) is 0 Å². The smallest absolute Gasteiger partial charge is 0.316 e. The van der Waals surface area contributed by atoms with E-state index in [9.17, 15) is 4.79 Å². The number of pyridine rings is 1. The number of nitrogens with one attached hydrogen (secondary N) is 3. The summed E-state index contributed by atoms with van der Waals surface area (Å²) in [6.07, 6.45) is 2.89. The number of anilines is 2. The van der Waals surface area contributed by atoms with Crippen molar-refractivity contribution < 1.29 is 4.79 Å². The number of urea groups is 1. The van der Waals surface area contributed by atoms with Crippen LogP contribution in [0.3, 0.4) is 0 Å². The Morgan fingerprint density at radius 1 is 1.04 bits per heavy atom. The minimum Gasteiger partial charge on any atom is -0.316 e. The molecule has 0 aliphatic carbocycles. The minimum absolute atomic E-state index is 0.270.